The van der Waals surface area contributed by atoms with Gasteiger partial charge in [-0.2, -0.15) is 0 Å². The summed E-state index contributed by atoms with van der Waals surface area (Å²) in [4.78, 5) is 4.67. The zero-order valence-corrected chi connectivity index (χ0v) is 18.8. The van der Waals surface area contributed by atoms with E-state index in [1.165, 1.54) is 0 Å². The number of hydrogen-bond acceptors (Lipinski definition) is 6. The molecule has 0 aromatic rings. The number of hydrogen-bond donors (Lipinski definition) is 0. The summed E-state index contributed by atoms with van der Waals surface area (Å²) in [5.41, 5.74) is 0.616. The summed E-state index contributed by atoms with van der Waals surface area (Å²) in [5.74, 6) is 1.03. The van der Waals surface area contributed by atoms with Crippen molar-refractivity contribution < 1.29 is 9.09 Å². The predicted octanol–water partition coefficient (Wildman–Crippen LogP) is 3.78. The van der Waals surface area contributed by atoms with Crippen molar-refractivity contribution >= 4 is 29.1 Å². The Labute approximate surface area is 157 Å². The second kappa shape index (κ2) is 10.8. The lowest BCUT2D eigenvalue weighted by atomic mass is 9.99. The van der Waals surface area contributed by atoms with Gasteiger partial charge in [-0.05, 0) is 19.5 Å². The van der Waals surface area contributed by atoms with Crippen LogP contribution in [0.25, 0.3) is 0 Å². The molecule has 0 radical (unpaired) electrons. The molecule has 1 aliphatic heterocycles. The monoisotopic (exact) mass is 397 g/mol. The Hall–Kier alpha value is 0.770. The lowest BCUT2D eigenvalue weighted by Crippen LogP contribution is -2.47. The molecular weight excluding hydrogens is 361 g/mol. The van der Waals surface area contributed by atoms with E-state index in [1.807, 2.05) is 0 Å². The normalized spacial score (nSPS) is 20.5. The average molecular weight is 398 g/mol. The van der Waals surface area contributed by atoms with Crippen LogP contribution < -0.4 is 0 Å². The van der Waals surface area contributed by atoms with Gasteiger partial charge in [0.1, 0.15) is 0 Å². The van der Waals surface area contributed by atoms with Gasteiger partial charge in [0.2, 0.25) is 0 Å². The van der Waals surface area contributed by atoms with E-state index >= 15 is 0 Å². The van der Waals surface area contributed by atoms with E-state index < -0.39 is 7.52 Å². The molecule has 0 spiro atoms. The molecule has 0 aromatic heterocycles. The SMILES string of the molecule is CCSSCP(=O)(OCC(C)(C)C)N1CCN(CCN(C)C)CC1. The molecular formula is C16H36N3O2PS2. The number of rotatable bonds is 10. The first-order chi connectivity index (χ1) is 11.2. The first-order valence-electron chi connectivity index (χ1n) is 8.77. The van der Waals surface area contributed by atoms with Crippen molar-refractivity contribution in [1.29, 1.82) is 0 Å². The van der Waals surface area contributed by atoms with Crippen molar-refractivity contribution in [3.05, 3.63) is 0 Å². The van der Waals surface area contributed by atoms with Crippen LogP contribution in [0.4, 0.5) is 0 Å². The molecule has 24 heavy (non-hydrogen) atoms. The molecule has 1 aliphatic rings. The first-order valence-corrected chi connectivity index (χ1v) is 13.0. The summed E-state index contributed by atoms with van der Waals surface area (Å²) >= 11 is 0. The van der Waals surface area contributed by atoms with Crippen LogP contribution in [-0.2, 0) is 9.09 Å². The lowest BCUT2D eigenvalue weighted by molar-refractivity contribution is 0.140. The van der Waals surface area contributed by atoms with Crippen LogP contribution in [0.3, 0.4) is 0 Å². The van der Waals surface area contributed by atoms with Crippen LogP contribution in [-0.4, -0.2) is 85.7 Å². The molecule has 1 rings (SSSR count). The standard InChI is InChI=1S/C16H36N3O2PS2/c1-7-23-24-15-22(20,21-14-16(2,3)4)19-12-10-18(11-13-19)9-8-17(5)6/h7-15H2,1-6H3. The summed E-state index contributed by atoms with van der Waals surface area (Å²) in [6.07, 6.45) is 0. The fourth-order valence-electron chi connectivity index (χ4n) is 2.29. The van der Waals surface area contributed by atoms with Gasteiger partial charge in [-0.15, -0.1) is 0 Å². The minimum Gasteiger partial charge on any atom is -0.316 e. The molecule has 1 atom stereocenters. The van der Waals surface area contributed by atoms with Crippen molar-refractivity contribution in [3.63, 3.8) is 0 Å². The molecule has 0 aromatic carbocycles. The van der Waals surface area contributed by atoms with E-state index in [9.17, 15) is 4.57 Å². The molecule has 1 unspecified atom stereocenters. The van der Waals surface area contributed by atoms with E-state index in [-0.39, 0.29) is 5.41 Å². The first kappa shape index (κ1) is 22.8. The maximum Gasteiger partial charge on any atom is 0.283 e. The number of piperazine rings is 1. The largest absolute Gasteiger partial charge is 0.316 e. The van der Waals surface area contributed by atoms with Gasteiger partial charge in [0.15, 0.2) is 0 Å². The highest BCUT2D eigenvalue weighted by molar-refractivity contribution is 8.77. The predicted molar refractivity (Wildman–Crippen MR) is 110 cm³/mol. The fraction of sp³-hybridized carbons (Fsp3) is 1.00. The van der Waals surface area contributed by atoms with Crippen molar-refractivity contribution in [2.75, 3.05) is 71.2 Å². The summed E-state index contributed by atoms with van der Waals surface area (Å²) in [5, 5.41) is 0. The molecule has 8 heteroatoms. The van der Waals surface area contributed by atoms with Gasteiger partial charge in [-0.25, -0.2) is 4.67 Å². The van der Waals surface area contributed by atoms with Crippen LogP contribution >= 0.6 is 29.1 Å². The Balaban J connectivity index is 2.58. The number of nitrogens with zero attached hydrogens (tertiary/aromatic N) is 3. The average Bonchev–Trinajstić information content (AvgIpc) is 2.51. The van der Waals surface area contributed by atoms with Gasteiger partial charge >= 0.3 is 0 Å². The molecule has 144 valence electrons. The third kappa shape index (κ3) is 8.93. The van der Waals surface area contributed by atoms with Gasteiger partial charge in [0.25, 0.3) is 7.52 Å². The second-order valence-corrected chi connectivity index (χ2v) is 13.3. The summed E-state index contributed by atoms with van der Waals surface area (Å²) in [6, 6.07) is 0. The summed E-state index contributed by atoms with van der Waals surface area (Å²) in [6.45, 7) is 14.8. The molecule has 1 heterocycles. The van der Waals surface area contributed by atoms with E-state index in [0.717, 1.165) is 45.0 Å². The van der Waals surface area contributed by atoms with Gasteiger partial charge in [0.05, 0.1) is 12.1 Å². The topological polar surface area (TPSA) is 36.0 Å². The summed E-state index contributed by atoms with van der Waals surface area (Å²) < 4.78 is 21.7. The Bertz CT molecular complexity index is 397. The third-order valence-electron chi connectivity index (χ3n) is 3.76. The molecule has 0 amide bonds. The molecule has 1 saturated heterocycles. The smallest absolute Gasteiger partial charge is 0.283 e. The lowest BCUT2D eigenvalue weighted by Gasteiger charge is -2.39. The van der Waals surface area contributed by atoms with Crippen molar-refractivity contribution in [1.82, 2.24) is 14.5 Å². The summed E-state index contributed by atoms with van der Waals surface area (Å²) in [7, 11) is 4.91. The number of likely N-dealkylation sites (N-methyl/N-ethyl adjacent to an activating group) is 1. The Kier molecular flexibility index (Phi) is 10.3. The molecule has 0 aliphatic carbocycles. The van der Waals surface area contributed by atoms with Crippen LogP contribution in [0.5, 0.6) is 0 Å². The minimum absolute atomic E-state index is 0.0335. The van der Waals surface area contributed by atoms with E-state index in [4.69, 9.17) is 4.52 Å². The van der Waals surface area contributed by atoms with Crippen molar-refractivity contribution in [2.45, 2.75) is 27.7 Å². The fourth-order valence-corrected chi connectivity index (χ4v) is 8.15. The zero-order chi connectivity index (χ0) is 18.2. The van der Waals surface area contributed by atoms with Gasteiger partial charge in [0, 0.05) is 45.0 Å². The Morgan fingerprint density at radius 2 is 1.75 bits per heavy atom. The van der Waals surface area contributed by atoms with E-state index in [0.29, 0.717) is 12.1 Å². The molecule has 0 N–H and O–H groups in total. The molecule has 0 bridgehead atoms. The van der Waals surface area contributed by atoms with Crippen LogP contribution in [0.1, 0.15) is 27.7 Å². The van der Waals surface area contributed by atoms with Crippen LogP contribution in [0.15, 0.2) is 0 Å². The highest BCUT2D eigenvalue weighted by atomic mass is 33.1. The molecule has 1 fully saturated rings. The van der Waals surface area contributed by atoms with Crippen molar-refractivity contribution in [3.8, 4) is 0 Å². The second-order valence-electron chi connectivity index (χ2n) is 7.72. The maximum atomic E-state index is 13.5. The quantitative estimate of drug-likeness (QED) is 0.315. The maximum absolute atomic E-state index is 13.5. The van der Waals surface area contributed by atoms with Gasteiger partial charge in [-0.3, -0.25) is 9.46 Å². The van der Waals surface area contributed by atoms with Crippen molar-refractivity contribution in [2.24, 2.45) is 5.41 Å². The van der Waals surface area contributed by atoms with Gasteiger partial charge < -0.3 is 9.42 Å². The van der Waals surface area contributed by atoms with E-state index in [1.54, 1.807) is 21.6 Å². The minimum atomic E-state index is -2.75. The Morgan fingerprint density at radius 1 is 1.12 bits per heavy atom. The highest BCUT2D eigenvalue weighted by Crippen LogP contribution is 2.56. The Morgan fingerprint density at radius 3 is 2.25 bits per heavy atom. The molecule has 0 saturated carbocycles. The van der Waals surface area contributed by atoms with Crippen LogP contribution in [0.2, 0.25) is 0 Å². The van der Waals surface area contributed by atoms with Crippen LogP contribution in [0, 0.1) is 5.41 Å². The zero-order valence-electron chi connectivity index (χ0n) is 16.3. The molecule has 5 nitrogen and oxygen atoms in total. The highest BCUT2D eigenvalue weighted by Gasteiger charge is 2.35. The third-order valence-corrected chi connectivity index (χ3v) is 9.84. The van der Waals surface area contributed by atoms with E-state index in [2.05, 4.69) is 56.3 Å². The van der Waals surface area contributed by atoms with Gasteiger partial charge in [-0.1, -0.05) is 49.3 Å².